The highest BCUT2D eigenvalue weighted by Crippen LogP contribution is 2.29. The summed E-state index contributed by atoms with van der Waals surface area (Å²) in [4.78, 5) is 18.3. The molecule has 1 aromatic heterocycles. The average Bonchev–Trinajstić information content (AvgIpc) is 3.10. The zero-order valence-corrected chi connectivity index (χ0v) is 17.0. The molecular formula is C21H24ClFN2O3. The quantitative estimate of drug-likeness (QED) is 0.702. The molecule has 1 fully saturated rings. The van der Waals surface area contributed by atoms with E-state index in [0.29, 0.717) is 23.8 Å². The summed E-state index contributed by atoms with van der Waals surface area (Å²) in [6.07, 6.45) is 2.28. The van der Waals surface area contributed by atoms with Gasteiger partial charge >= 0.3 is 6.09 Å². The van der Waals surface area contributed by atoms with Crippen molar-refractivity contribution in [2.45, 2.75) is 45.3 Å². The van der Waals surface area contributed by atoms with Crippen LogP contribution in [0.15, 0.2) is 36.5 Å². The molecule has 3 rings (SSSR count). The number of nitrogens with zero attached hydrogens (tertiary/aromatic N) is 2. The first-order chi connectivity index (χ1) is 13.2. The van der Waals surface area contributed by atoms with Gasteiger partial charge in [0, 0.05) is 30.2 Å². The van der Waals surface area contributed by atoms with Crippen LogP contribution in [0.2, 0.25) is 5.02 Å². The maximum Gasteiger partial charge on any atom is 0.410 e. The zero-order valence-electron chi connectivity index (χ0n) is 16.2. The SMILES string of the molecule is CC(C)(C)OC(=O)N1CC[C@@H](c2ccnc(COc3ccc(Cl)cc3F)c2)C1. The van der Waals surface area contributed by atoms with Crippen molar-refractivity contribution in [3.8, 4) is 5.75 Å². The number of pyridine rings is 1. The van der Waals surface area contributed by atoms with Gasteiger partial charge in [0.25, 0.3) is 0 Å². The number of amides is 1. The molecule has 0 aliphatic carbocycles. The van der Waals surface area contributed by atoms with Crippen LogP contribution in [0.3, 0.4) is 0 Å². The molecule has 0 radical (unpaired) electrons. The third-order valence-electron chi connectivity index (χ3n) is 4.42. The topological polar surface area (TPSA) is 51.7 Å². The molecule has 7 heteroatoms. The molecule has 0 unspecified atom stereocenters. The summed E-state index contributed by atoms with van der Waals surface area (Å²) < 4.78 is 24.8. The third kappa shape index (κ3) is 5.35. The summed E-state index contributed by atoms with van der Waals surface area (Å²) >= 11 is 5.75. The van der Waals surface area contributed by atoms with E-state index in [1.807, 2.05) is 32.9 Å². The van der Waals surface area contributed by atoms with E-state index < -0.39 is 11.4 Å². The van der Waals surface area contributed by atoms with E-state index >= 15 is 0 Å². The average molecular weight is 407 g/mol. The van der Waals surface area contributed by atoms with Crippen LogP contribution in [0.1, 0.15) is 44.4 Å². The molecule has 0 saturated carbocycles. The minimum absolute atomic E-state index is 0.133. The van der Waals surface area contributed by atoms with Gasteiger partial charge in [-0.3, -0.25) is 4.98 Å². The second kappa shape index (κ2) is 8.35. The van der Waals surface area contributed by atoms with Gasteiger partial charge in [-0.15, -0.1) is 0 Å². The van der Waals surface area contributed by atoms with Crippen molar-refractivity contribution in [3.63, 3.8) is 0 Å². The van der Waals surface area contributed by atoms with Crippen molar-refractivity contribution in [1.82, 2.24) is 9.88 Å². The summed E-state index contributed by atoms with van der Waals surface area (Å²) in [5.74, 6) is -0.164. The van der Waals surface area contributed by atoms with Crippen molar-refractivity contribution in [1.29, 1.82) is 0 Å². The fourth-order valence-electron chi connectivity index (χ4n) is 3.10. The Kier molecular flexibility index (Phi) is 6.08. The van der Waals surface area contributed by atoms with Gasteiger partial charge in [-0.25, -0.2) is 9.18 Å². The van der Waals surface area contributed by atoms with Crippen LogP contribution >= 0.6 is 11.6 Å². The smallest absolute Gasteiger partial charge is 0.410 e. The molecule has 5 nitrogen and oxygen atoms in total. The lowest BCUT2D eigenvalue weighted by Crippen LogP contribution is -2.35. The van der Waals surface area contributed by atoms with E-state index in [-0.39, 0.29) is 24.4 Å². The molecule has 1 saturated heterocycles. The number of hydrogen-bond acceptors (Lipinski definition) is 4. The fourth-order valence-corrected chi connectivity index (χ4v) is 3.26. The Balaban J connectivity index is 1.61. The standard InChI is InChI=1S/C21H24ClFN2O3/c1-21(2,3)28-20(26)25-9-7-15(12-25)14-6-8-24-17(10-14)13-27-19-5-4-16(22)11-18(19)23/h4-6,8,10-11,15H,7,9,12-13H2,1-3H3/t15-/m1/s1. The van der Waals surface area contributed by atoms with Crippen LogP contribution in [0.4, 0.5) is 9.18 Å². The van der Waals surface area contributed by atoms with E-state index in [1.165, 1.54) is 12.1 Å². The molecule has 28 heavy (non-hydrogen) atoms. The van der Waals surface area contributed by atoms with E-state index in [2.05, 4.69) is 4.98 Å². The number of rotatable bonds is 4. The van der Waals surface area contributed by atoms with Gasteiger partial charge < -0.3 is 14.4 Å². The van der Waals surface area contributed by atoms with E-state index in [4.69, 9.17) is 21.1 Å². The highest BCUT2D eigenvalue weighted by Gasteiger charge is 2.30. The summed E-state index contributed by atoms with van der Waals surface area (Å²) in [5.41, 5.74) is 1.27. The van der Waals surface area contributed by atoms with Gasteiger partial charge in [-0.05, 0) is 63.1 Å². The molecule has 1 aliphatic heterocycles. The van der Waals surface area contributed by atoms with Gasteiger partial charge in [-0.2, -0.15) is 0 Å². The molecule has 0 spiro atoms. The fraction of sp³-hybridized carbons (Fsp3) is 0.429. The van der Waals surface area contributed by atoms with Gasteiger partial charge in [0.05, 0.1) is 5.69 Å². The molecule has 2 aromatic rings. The lowest BCUT2D eigenvalue weighted by molar-refractivity contribution is 0.0292. The summed E-state index contributed by atoms with van der Waals surface area (Å²) in [6, 6.07) is 8.17. The Hall–Kier alpha value is -2.34. The van der Waals surface area contributed by atoms with Crippen molar-refractivity contribution in [2.24, 2.45) is 0 Å². The van der Waals surface area contributed by atoms with Crippen LogP contribution in [-0.4, -0.2) is 34.7 Å². The number of likely N-dealkylation sites (tertiary alicyclic amines) is 1. The lowest BCUT2D eigenvalue weighted by atomic mass is 9.99. The Labute approximate surface area is 169 Å². The maximum atomic E-state index is 13.8. The first-order valence-electron chi connectivity index (χ1n) is 9.22. The molecule has 1 atom stereocenters. The van der Waals surface area contributed by atoms with Crippen LogP contribution in [-0.2, 0) is 11.3 Å². The lowest BCUT2D eigenvalue weighted by Gasteiger charge is -2.24. The summed E-state index contributed by atoms with van der Waals surface area (Å²) in [6.45, 7) is 6.98. The van der Waals surface area contributed by atoms with Crippen LogP contribution < -0.4 is 4.74 Å². The van der Waals surface area contributed by atoms with E-state index in [0.717, 1.165) is 12.0 Å². The monoisotopic (exact) mass is 406 g/mol. The first kappa shape index (κ1) is 20.4. The van der Waals surface area contributed by atoms with Gasteiger partial charge in [0.2, 0.25) is 0 Å². The van der Waals surface area contributed by atoms with Crippen LogP contribution in [0, 0.1) is 5.82 Å². The predicted octanol–water partition coefficient (Wildman–Crippen LogP) is 5.18. The molecule has 1 amide bonds. The maximum absolute atomic E-state index is 13.8. The number of aromatic nitrogens is 1. The summed E-state index contributed by atoms with van der Waals surface area (Å²) in [5, 5.41) is 0.320. The van der Waals surface area contributed by atoms with E-state index in [1.54, 1.807) is 17.2 Å². The third-order valence-corrected chi connectivity index (χ3v) is 4.66. The predicted molar refractivity (Wildman–Crippen MR) is 105 cm³/mol. The number of carbonyl (C=O) groups is 1. The van der Waals surface area contributed by atoms with Crippen LogP contribution in [0.25, 0.3) is 0 Å². The van der Waals surface area contributed by atoms with Gasteiger partial charge in [0.15, 0.2) is 11.6 Å². The zero-order chi connectivity index (χ0) is 20.3. The Morgan fingerprint density at radius 3 is 2.82 bits per heavy atom. The highest BCUT2D eigenvalue weighted by molar-refractivity contribution is 6.30. The second-order valence-corrected chi connectivity index (χ2v) is 8.29. The van der Waals surface area contributed by atoms with Crippen molar-refractivity contribution in [3.05, 3.63) is 58.6 Å². The Morgan fingerprint density at radius 1 is 1.32 bits per heavy atom. The molecule has 0 bridgehead atoms. The van der Waals surface area contributed by atoms with Crippen molar-refractivity contribution >= 4 is 17.7 Å². The highest BCUT2D eigenvalue weighted by atomic mass is 35.5. The summed E-state index contributed by atoms with van der Waals surface area (Å²) in [7, 11) is 0. The largest absolute Gasteiger partial charge is 0.484 e. The van der Waals surface area contributed by atoms with Crippen LogP contribution in [0.5, 0.6) is 5.75 Å². The molecule has 0 N–H and O–H groups in total. The number of halogens is 2. The van der Waals surface area contributed by atoms with Crippen molar-refractivity contribution < 1.29 is 18.7 Å². The van der Waals surface area contributed by atoms with Crippen molar-refractivity contribution in [2.75, 3.05) is 13.1 Å². The molecular weight excluding hydrogens is 383 g/mol. The molecule has 150 valence electrons. The Bertz CT molecular complexity index is 854. The second-order valence-electron chi connectivity index (χ2n) is 7.86. The van der Waals surface area contributed by atoms with E-state index in [9.17, 15) is 9.18 Å². The first-order valence-corrected chi connectivity index (χ1v) is 9.60. The minimum Gasteiger partial charge on any atom is -0.484 e. The van der Waals surface area contributed by atoms with Gasteiger partial charge in [-0.1, -0.05) is 11.6 Å². The Morgan fingerprint density at radius 2 is 2.11 bits per heavy atom. The number of benzene rings is 1. The molecule has 1 aliphatic rings. The number of ether oxygens (including phenoxy) is 2. The molecule has 2 heterocycles. The molecule has 1 aromatic carbocycles. The number of hydrogen-bond donors (Lipinski definition) is 0. The minimum atomic E-state index is -0.507. The number of carbonyl (C=O) groups excluding carboxylic acids is 1. The van der Waals surface area contributed by atoms with Gasteiger partial charge in [0.1, 0.15) is 12.2 Å². The normalized spacial score (nSPS) is 16.9.